The molecule has 1 aromatic carbocycles. The van der Waals surface area contributed by atoms with Gasteiger partial charge in [-0.15, -0.1) is 0 Å². The lowest BCUT2D eigenvalue weighted by atomic mass is 9.94. The molecule has 268 valence electrons. The maximum atomic E-state index is 13.8. The predicted octanol–water partition coefficient (Wildman–Crippen LogP) is 9.94. The fourth-order valence-corrected chi connectivity index (χ4v) is 13.3. The van der Waals surface area contributed by atoms with Crippen molar-refractivity contribution < 1.29 is 26.4 Å². The van der Waals surface area contributed by atoms with Crippen LogP contribution in [0.4, 0.5) is 0 Å². The van der Waals surface area contributed by atoms with Gasteiger partial charge in [-0.1, -0.05) is 80.5 Å². The molecule has 2 rings (SSSR count). The Morgan fingerprint density at radius 2 is 1.37 bits per heavy atom. The molecule has 1 aliphatic rings. The Labute approximate surface area is 287 Å². The molecule has 1 aromatic rings. The van der Waals surface area contributed by atoms with Crippen molar-refractivity contribution in [3.05, 3.63) is 30.3 Å². The largest absolute Gasteiger partial charge is 0.417 e. The van der Waals surface area contributed by atoms with Crippen molar-refractivity contribution in [3.8, 4) is 0 Å². The van der Waals surface area contributed by atoms with Crippen molar-refractivity contribution in [2.24, 2.45) is 17.8 Å². The fourth-order valence-electron chi connectivity index (χ4n) is 6.54. The molecule has 0 aromatic heterocycles. The minimum Gasteiger partial charge on any atom is -0.417 e. The van der Waals surface area contributed by atoms with Crippen molar-refractivity contribution in [2.45, 2.75) is 153 Å². The van der Waals surface area contributed by atoms with Crippen LogP contribution in [-0.2, 0) is 27.9 Å². The van der Waals surface area contributed by atoms with E-state index in [9.17, 15) is 8.42 Å². The van der Waals surface area contributed by atoms with Gasteiger partial charge in [-0.25, -0.2) is 8.42 Å². The van der Waals surface area contributed by atoms with Gasteiger partial charge < -0.3 is 18.0 Å². The maximum Gasteiger partial charge on any atom is 0.192 e. The highest BCUT2D eigenvalue weighted by Crippen LogP contribution is 2.46. The predicted molar refractivity (Wildman–Crippen MR) is 202 cm³/mol. The fraction of sp³-hybridized carbons (Fsp3) is 0.833. The third-order valence-electron chi connectivity index (χ3n) is 12.0. The number of benzene rings is 1. The van der Waals surface area contributed by atoms with Crippen LogP contribution in [0.5, 0.6) is 0 Å². The Kier molecular flexibility index (Phi) is 15.1. The van der Waals surface area contributed by atoms with Gasteiger partial charge in [-0.3, -0.25) is 0 Å². The summed E-state index contributed by atoms with van der Waals surface area (Å²) >= 11 is 0. The first kappa shape index (κ1) is 41.8. The second-order valence-electron chi connectivity index (χ2n) is 16.9. The topological polar surface area (TPSA) is 71.1 Å². The molecule has 6 nitrogen and oxygen atoms in total. The minimum atomic E-state index is -3.49. The highest BCUT2D eigenvalue weighted by atomic mass is 32.2. The molecule has 5 atom stereocenters. The summed E-state index contributed by atoms with van der Waals surface area (Å²) in [6.07, 6.45) is 2.32. The Morgan fingerprint density at radius 1 is 0.826 bits per heavy atom. The number of methoxy groups -OCH3 is 1. The average Bonchev–Trinajstić information content (AvgIpc) is 3.28. The average molecular weight is 715 g/mol. The quantitative estimate of drug-likeness (QED) is 0.141. The summed E-state index contributed by atoms with van der Waals surface area (Å²) in [7, 11) is -7.58. The highest BCUT2D eigenvalue weighted by molar-refractivity contribution is 7.91. The Hall–Kier alpha value is -0.339. The minimum absolute atomic E-state index is 0.0684. The van der Waals surface area contributed by atoms with Crippen LogP contribution < -0.4 is 0 Å². The zero-order chi connectivity index (χ0) is 35.2. The summed E-state index contributed by atoms with van der Waals surface area (Å²) in [5.74, 6) is 0.345. The molecule has 0 bridgehead atoms. The van der Waals surface area contributed by atoms with Gasteiger partial charge in [0.05, 0.1) is 29.5 Å². The van der Waals surface area contributed by atoms with Gasteiger partial charge in [0.1, 0.15) is 0 Å². The molecule has 0 radical (unpaired) electrons. The molecule has 0 N–H and O–H groups in total. The van der Waals surface area contributed by atoms with Crippen LogP contribution in [0.2, 0.25) is 54.4 Å². The Balaban J connectivity index is 2.43. The molecule has 46 heavy (non-hydrogen) atoms. The summed E-state index contributed by atoms with van der Waals surface area (Å²) in [4.78, 5) is 0.389. The smallest absolute Gasteiger partial charge is 0.192 e. The zero-order valence-corrected chi connectivity index (χ0v) is 35.8. The van der Waals surface area contributed by atoms with Gasteiger partial charge in [-0.2, -0.15) is 0 Å². The highest BCUT2D eigenvalue weighted by Gasteiger charge is 2.48. The van der Waals surface area contributed by atoms with Crippen molar-refractivity contribution in [1.82, 2.24) is 0 Å². The SMILES string of the molecule is CC[Si](CC)(CC)OCC[C@@H]1CC(CC(CO[Si](C)(C)C(C)(C)C)O[Si](C)(C)C(C)(C)C)[C@H](OC)C1CS(=O)(=O)c1ccccc1. The van der Waals surface area contributed by atoms with Crippen molar-refractivity contribution in [2.75, 3.05) is 26.1 Å². The normalized spacial score (nSPS) is 22.7. The van der Waals surface area contributed by atoms with E-state index in [0.29, 0.717) is 18.1 Å². The number of ether oxygens (including phenoxy) is 1. The van der Waals surface area contributed by atoms with E-state index in [-0.39, 0.29) is 45.8 Å². The van der Waals surface area contributed by atoms with E-state index in [4.69, 9.17) is 18.0 Å². The van der Waals surface area contributed by atoms with Crippen molar-refractivity contribution in [3.63, 3.8) is 0 Å². The molecule has 1 saturated carbocycles. The lowest BCUT2D eigenvalue weighted by Crippen LogP contribution is -2.48. The molecule has 0 heterocycles. The molecule has 0 amide bonds. The van der Waals surface area contributed by atoms with Crippen LogP contribution in [0.15, 0.2) is 35.2 Å². The molecule has 0 spiro atoms. The van der Waals surface area contributed by atoms with E-state index < -0.39 is 34.8 Å². The molecule has 3 unspecified atom stereocenters. The number of hydrogen-bond acceptors (Lipinski definition) is 6. The molecule has 0 aliphatic heterocycles. The Morgan fingerprint density at radius 3 is 1.85 bits per heavy atom. The number of hydrogen-bond donors (Lipinski definition) is 0. The summed E-state index contributed by atoms with van der Waals surface area (Å²) in [5, 5.41) is 0.173. The van der Waals surface area contributed by atoms with Gasteiger partial charge in [0, 0.05) is 19.6 Å². The summed E-state index contributed by atoms with van der Waals surface area (Å²) in [5.41, 5.74) is 0. The summed E-state index contributed by atoms with van der Waals surface area (Å²) in [6, 6.07) is 12.2. The standard InChI is InChI=1S/C36H70O6SSi3/c1-15-46(16-2,17-3)40-24-23-29-25-30(34(39-10)33(29)28-43(37,38)32-21-19-18-20-22-32)26-31(42-45(13,14)36(7,8)9)27-41-44(11,12)35(4,5)6/h18-22,29-31,33-34H,15-17,23-28H2,1-14H3/t29-,30?,31?,33?,34+/m1/s1. The number of rotatable bonds is 18. The first-order chi connectivity index (χ1) is 21.1. The van der Waals surface area contributed by atoms with Crippen molar-refractivity contribution >= 4 is 34.8 Å². The molecule has 1 aliphatic carbocycles. The van der Waals surface area contributed by atoms with Crippen LogP contribution in [-0.4, -0.2) is 71.7 Å². The molecular weight excluding hydrogens is 645 g/mol. The third-order valence-corrected chi connectivity index (χ3v) is 27.5. The van der Waals surface area contributed by atoms with Gasteiger partial charge in [0.2, 0.25) is 0 Å². The van der Waals surface area contributed by atoms with Crippen LogP contribution >= 0.6 is 0 Å². The lowest BCUT2D eigenvalue weighted by molar-refractivity contribution is 0.0128. The first-order valence-corrected chi connectivity index (χ1v) is 27.8. The van der Waals surface area contributed by atoms with E-state index in [2.05, 4.69) is 88.5 Å². The first-order valence-electron chi connectivity index (χ1n) is 17.8. The molecule has 10 heteroatoms. The van der Waals surface area contributed by atoms with E-state index in [1.165, 1.54) is 0 Å². The molecule has 1 fully saturated rings. The van der Waals surface area contributed by atoms with Crippen LogP contribution in [0.1, 0.15) is 81.6 Å². The van der Waals surface area contributed by atoms with Crippen LogP contribution in [0.25, 0.3) is 0 Å². The van der Waals surface area contributed by atoms with E-state index in [0.717, 1.165) is 37.4 Å². The summed E-state index contributed by atoms with van der Waals surface area (Å²) in [6.45, 7) is 30.9. The second kappa shape index (κ2) is 16.6. The molecular formula is C36H70O6SSi3. The van der Waals surface area contributed by atoms with Crippen LogP contribution in [0.3, 0.4) is 0 Å². The maximum absolute atomic E-state index is 13.8. The van der Waals surface area contributed by atoms with Crippen LogP contribution in [0, 0.1) is 17.8 Å². The molecule has 0 saturated heterocycles. The van der Waals surface area contributed by atoms with Crippen molar-refractivity contribution in [1.29, 1.82) is 0 Å². The lowest BCUT2D eigenvalue weighted by Gasteiger charge is -2.42. The van der Waals surface area contributed by atoms with Gasteiger partial charge in [-0.05, 0) is 97.6 Å². The zero-order valence-electron chi connectivity index (χ0n) is 32.0. The Bertz CT molecular complexity index is 1150. The van der Waals surface area contributed by atoms with E-state index in [1.54, 1.807) is 31.4 Å². The summed E-state index contributed by atoms with van der Waals surface area (Å²) < 4.78 is 54.5. The van der Waals surface area contributed by atoms with E-state index in [1.807, 2.05) is 6.07 Å². The third kappa shape index (κ3) is 10.8. The number of sulfone groups is 1. The van der Waals surface area contributed by atoms with E-state index >= 15 is 0 Å². The van der Waals surface area contributed by atoms with Gasteiger partial charge >= 0.3 is 0 Å². The van der Waals surface area contributed by atoms with Gasteiger partial charge in [0.25, 0.3) is 0 Å². The second-order valence-corrected chi connectivity index (χ2v) is 33.3. The monoisotopic (exact) mass is 714 g/mol. The van der Waals surface area contributed by atoms with Gasteiger partial charge in [0.15, 0.2) is 34.8 Å².